The van der Waals surface area contributed by atoms with E-state index in [1.807, 2.05) is 13.8 Å². The molecule has 3 heteroatoms. The number of nitrogens with one attached hydrogen (secondary N) is 1. The summed E-state index contributed by atoms with van der Waals surface area (Å²) < 4.78 is 13.7. The zero-order valence-electron chi connectivity index (χ0n) is 4.57. The molecule has 0 aliphatic carbocycles. The molecule has 0 aliphatic heterocycles. The Morgan fingerprint density at radius 1 is 1.71 bits per heavy atom. The third-order valence-corrected chi connectivity index (χ3v) is 0.822. The van der Waals surface area contributed by atoms with E-state index >= 15 is 0 Å². The zero-order chi connectivity index (χ0) is 5.70. The molecular formula is C4H10FNS. The van der Waals surface area contributed by atoms with Crippen molar-refractivity contribution in [2.45, 2.75) is 13.8 Å². The summed E-state index contributed by atoms with van der Waals surface area (Å²) in [6, 6.07) is 0. The van der Waals surface area contributed by atoms with Crippen molar-refractivity contribution in [3.05, 3.63) is 0 Å². The van der Waals surface area contributed by atoms with Crippen LogP contribution in [0.3, 0.4) is 0 Å². The van der Waals surface area contributed by atoms with E-state index in [0.717, 1.165) is 6.54 Å². The van der Waals surface area contributed by atoms with Gasteiger partial charge in [-0.15, -0.1) is 3.89 Å². The van der Waals surface area contributed by atoms with Gasteiger partial charge in [-0.05, 0) is 5.92 Å². The molecule has 0 unspecified atom stereocenters. The van der Waals surface area contributed by atoms with Crippen molar-refractivity contribution in [3.63, 3.8) is 0 Å². The Morgan fingerprint density at radius 2 is 2.29 bits per heavy atom. The number of halogens is 1. The standard InChI is InChI=1S/C4H10FNS/c1-4(2)3-6-7-5/h4,6H,3H2,1-2H3. The second kappa shape index (κ2) is 4.40. The van der Waals surface area contributed by atoms with Crippen molar-refractivity contribution in [2.75, 3.05) is 6.54 Å². The molecule has 1 nitrogen and oxygen atoms in total. The van der Waals surface area contributed by atoms with Crippen LogP contribution in [-0.2, 0) is 0 Å². The molecule has 0 atom stereocenters. The number of rotatable bonds is 3. The number of hydrogen-bond acceptors (Lipinski definition) is 2. The van der Waals surface area contributed by atoms with Crippen LogP contribution in [0, 0.1) is 5.92 Å². The van der Waals surface area contributed by atoms with Crippen molar-refractivity contribution in [1.82, 2.24) is 4.72 Å². The maximum Gasteiger partial charge on any atom is 0.131 e. The molecule has 0 aromatic carbocycles. The predicted molar refractivity (Wildman–Crippen MR) is 31.5 cm³/mol. The molecule has 0 rings (SSSR count). The monoisotopic (exact) mass is 123 g/mol. The topological polar surface area (TPSA) is 12.0 Å². The van der Waals surface area contributed by atoms with Crippen LogP contribution < -0.4 is 4.72 Å². The Hall–Kier alpha value is 0.240. The van der Waals surface area contributed by atoms with Crippen LogP contribution in [0.15, 0.2) is 0 Å². The van der Waals surface area contributed by atoms with Crippen molar-refractivity contribution < 1.29 is 3.89 Å². The average molecular weight is 123 g/mol. The highest BCUT2D eigenvalue weighted by Gasteiger charge is 1.89. The van der Waals surface area contributed by atoms with E-state index in [1.165, 1.54) is 0 Å². The molecule has 0 aliphatic rings. The maximum atomic E-state index is 11.2. The lowest BCUT2D eigenvalue weighted by Gasteiger charge is -1.98. The van der Waals surface area contributed by atoms with Gasteiger partial charge >= 0.3 is 0 Å². The second-order valence-electron chi connectivity index (χ2n) is 1.82. The van der Waals surface area contributed by atoms with E-state index in [1.54, 1.807) is 0 Å². The molecule has 0 radical (unpaired) electrons. The molecule has 0 aromatic heterocycles. The minimum Gasteiger partial charge on any atom is -0.235 e. The van der Waals surface area contributed by atoms with Gasteiger partial charge in [0.05, 0.1) is 0 Å². The normalized spacial score (nSPS) is 10.3. The smallest absolute Gasteiger partial charge is 0.131 e. The highest BCUT2D eigenvalue weighted by molar-refractivity contribution is 7.92. The van der Waals surface area contributed by atoms with Gasteiger partial charge in [0.25, 0.3) is 0 Å². The van der Waals surface area contributed by atoms with Gasteiger partial charge in [-0.3, -0.25) is 0 Å². The lowest BCUT2D eigenvalue weighted by Crippen LogP contribution is -2.09. The van der Waals surface area contributed by atoms with Gasteiger partial charge in [-0.1, -0.05) is 13.8 Å². The quantitative estimate of drug-likeness (QED) is 0.574. The van der Waals surface area contributed by atoms with Crippen molar-refractivity contribution >= 4 is 12.3 Å². The Kier molecular flexibility index (Phi) is 4.55. The molecule has 0 heterocycles. The van der Waals surface area contributed by atoms with Crippen LogP contribution in [0.2, 0.25) is 0 Å². The Labute approximate surface area is 48.1 Å². The first-order valence-corrected chi connectivity index (χ1v) is 2.99. The Balaban J connectivity index is 2.68. The van der Waals surface area contributed by atoms with Gasteiger partial charge in [0.1, 0.15) is 12.3 Å². The first kappa shape index (κ1) is 7.24. The van der Waals surface area contributed by atoms with Gasteiger partial charge in [0.15, 0.2) is 0 Å². The van der Waals surface area contributed by atoms with Crippen LogP contribution >= 0.6 is 12.3 Å². The molecule has 7 heavy (non-hydrogen) atoms. The average Bonchev–Trinajstić information content (AvgIpc) is 1.61. The highest BCUT2D eigenvalue weighted by Crippen LogP contribution is 1.94. The first-order chi connectivity index (χ1) is 3.27. The highest BCUT2D eigenvalue weighted by atomic mass is 32.2. The van der Waals surface area contributed by atoms with Crippen LogP contribution in [0.25, 0.3) is 0 Å². The summed E-state index contributed by atoms with van der Waals surface area (Å²) in [6.45, 7) is 4.80. The minimum atomic E-state index is 0.180. The Bertz CT molecular complexity index is 40.7. The van der Waals surface area contributed by atoms with Crippen molar-refractivity contribution in [3.8, 4) is 0 Å². The van der Waals surface area contributed by atoms with E-state index < -0.39 is 0 Å². The van der Waals surface area contributed by atoms with Crippen LogP contribution in [0.5, 0.6) is 0 Å². The van der Waals surface area contributed by atoms with E-state index in [-0.39, 0.29) is 12.3 Å². The fraction of sp³-hybridized carbons (Fsp3) is 1.00. The molecule has 0 bridgehead atoms. The van der Waals surface area contributed by atoms with Crippen LogP contribution in [0.4, 0.5) is 3.89 Å². The summed E-state index contributed by atoms with van der Waals surface area (Å²) in [7, 11) is 0. The van der Waals surface area contributed by atoms with E-state index in [4.69, 9.17) is 0 Å². The van der Waals surface area contributed by atoms with Gasteiger partial charge in [-0.2, -0.15) is 0 Å². The third kappa shape index (κ3) is 6.24. The first-order valence-electron chi connectivity index (χ1n) is 2.27. The second-order valence-corrected chi connectivity index (χ2v) is 2.26. The fourth-order valence-corrected chi connectivity index (χ4v) is 0.594. The van der Waals surface area contributed by atoms with Crippen molar-refractivity contribution in [1.29, 1.82) is 0 Å². The molecule has 0 amide bonds. The number of hydrogen-bond donors (Lipinski definition) is 1. The summed E-state index contributed by atoms with van der Waals surface area (Å²) in [4.78, 5) is 0. The summed E-state index contributed by atoms with van der Waals surface area (Å²) in [5.74, 6) is 0.531. The SMILES string of the molecule is CC(C)CNSF. The molecular weight excluding hydrogens is 113 g/mol. The predicted octanol–water partition coefficient (Wildman–Crippen LogP) is 1.76. The molecule has 0 saturated carbocycles. The van der Waals surface area contributed by atoms with Gasteiger partial charge in [0, 0.05) is 6.54 Å². The lowest BCUT2D eigenvalue weighted by atomic mass is 10.2. The van der Waals surface area contributed by atoms with Crippen LogP contribution in [-0.4, -0.2) is 6.54 Å². The molecule has 44 valence electrons. The summed E-state index contributed by atoms with van der Waals surface area (Å²) >= 11 is 0.180. The largest absolute Gasteiger partial charge is 0.235 e. The molecule has 0 aromatic rings. The summed E-state index contributed by atoms with van der Waals surface area (Å²) in [6.07, 6.45) is 0. The van der Waals surface area contributed by atoms with Gasteiger partial charge < -0.3 is 0 Å². The van der Waals surface area contributed by atoms with Crippen molar-refractivity contribution in [2.24, 2.45) is 5.92 Å². The zero-order valence-corrected chi connectivity index (χ0v) is 5.39. The lowest BCUT2D eigenvalue weighted by molar-refractivity contribution is 0.634. The Morgan fingerprint density at radius 3 is 2.43 bits per heavy atom. The fourth-order valence-electron chi connectivity index (χ4n) is 0.198. The van der Waals surface area contributed by atoms with E-state index in [9.17, 15) is 3.89 Å². The van der Waals surface area contributed by atoms with Gasteiger partial charge in [0.2, 0.25) is 0 Å². The van der Waals surface area contributed by atoms with E-state index in [0.29, 0.717) is 5.92 Å². The minimum absolute atomic E-state index is 0.180. The van der Waals surface area contributed by atoms with E-state index in [2.05, 4.69) is 4.72 Å². The molecule has 0 saturated heterocycles. The third-order valence-electron chi connectivity index (χ3n) is 0.546. The molecule has 1 N–H and O–H groups in total. The molecule has 0 fully saturated rings. The summed E-state index contributed by atoms with van der Waals surface area (Å²) in [5.41, 5.74) is 0. The molecule has 0 spiro atoms. The van der Waals surface area contributed by atoms with Crippen LogP contribution in [0.1, 0.15) is 13.8 Å². The summed E-state index contributed by atoms with van der Waals surface area (Å²) in [5, 5.41) is 0. The van der Waals surface area contributed by atoms with Gasteiger partial charge in [-0.25, -0.2) is 4.72 Å². The maximum absolute atomic E-state index is 11.2.